The minimum atomic E-state index is -5.00. The standard InChI is InChI=1S/4H2O.Pb.Sc.Ti.2H/h4*1H2;;;;;/q;;;;;;+4;;/p-4. The Bertz CT molecular complexity index is 27.2. The van der Waals surface area contributed by atoms with Gasteiger partial charge in [0.1, 0.15) is 0 Å². The van der Waals surface area contributed by atoms with Crippen LogP contribution in [-0.2, 0) is 44.0 Å². The molecule has 0 aliphatic heterocycles. The van der Waals surface area contributed by atoms with E-state index in [9.17, 15) is 0 Å². The summed E-state index contributed by atoms with van der Waals surface area (Å²) in [7, 11) is 0. The molecule has 7 heavy (non-hydrogen) atoms. The molecule has 0 aromatic rings. The second-order valence-electron chi connectivity index (χ2n) is 0.600. The molecule has 41 valence electrons. The van der Waals surface area contributed by atoms with E-state index in [1.165, 1.54) is 0 Å². The van der Waals surface area contributed by atoms with Crippen molar-refractivity contribution >= 4 is 27.3 Å². The molecule has 0 unspecified atom stereocenters. The first-order valence-electron chi connectivity index (χ1n) is 0.894. The molecule has 0 aliphatic rings. The fraction of sp³-hybridized carbons (Fsp3) is 0. The fourth-order valence-electron chi connectivity index (χ4n) is 0. The van der Waals surface area contributed by atoms with E-state index in [0.29, 0.717) is 0 Å². The molecule has 4 N–H and O–H groups in total. The summed E-state index contributed by atoms with van der Waals surface area (Å²) in [4.78, 5) is 0. The van der Waals surface area contributed by atoms with Gasteiger partial charge in [0.05, 0.1) is 0 Å². The summed E-state index contributed by atoms with van der Waals surface area (Å²) in [5.41, 5.74) is 0. The zero-order valence-corrected chi connectivity index (χ0v) is 12.4. The predicted molar refractivity (Wildman–Crippen MR) is 17.4 cm³/mol. The molecule has 0 rings (SSSR count). The van der Waals surface area contributed by atoms with Crippen LogP contribution in [0.4, 0.5) is 0 Å². The van der Waals surface area contributed by atoms with E-state index in [4.69, 9.17) is 14.8 Å². The summed E-state index contributed by atoms with van der Waals surface area (Å²) < 4.78 is 29.5. The average Bonchev–Trinajstić information content (AvgIpc) is 0.722. The average molecular weight is 370 g/mol. The Hall–Kier alpha value is 2.35. The molecule has 0 saturated carbocycles. The van der Waals surface area contributed by atoms with Crippen molar-refractivity contribution in [1.29, 1.82) is 0 Å². The van der Waals surface area contributed by atoms with E-state index in [1.54, 1.807) is 0 Å². The van der Waals surface area contributed by atoms with Crippen LogP contribution in [-0.4, -0.2) is 42.1 Å². The zero-order valence-electron chi connectivity index (χ0n) is 3.57. The SMILES string of the molecule is [OH][Ti]([OH])([OH])[OH].[PbH2].[Sc]. The summed E-state index contributed by atoms with van der Waals surface area (Å²) in [5.74, 6) is 0. The third-order valence-corrected chi connectivity index (χ3v) is 0. The third kappa shape index (κ3) is 61.1. The Balaban J connectivity index is -0.0000000800. The predicted octanol–water partition coefficient (Wildman–Crippen LogP) is -3.15. The third-order valence-electron chi connectivity index (χ3n) is 0. The largest absolute Gasteiger partial charge is 0 e. The van der Waals surface area contributed by atoms with Crippen LogP contribution >= 0.6 is 0 Å². The van der Waals surface area contributed by atoms with Crippen molar-refractivity contribution in [2.24, 2.45) is 0 Å². The Kier molecular flexibility index (Phi) is 14.9. The van der Waals surface area contributed by atoms with Gasteiger partial charge in [-0.25, -0.2) is 0 Å². The molecule has 7 heteroatoms. The van der Waals surface area contributed by atoms with E-state index in [0.717, 1.165) is 0 Å². The van der Waals surface area contributed by atoms with Crippen molar-refractivity contribution < 1.29 is 58.7 Å². The van der Waals surface area contributed by atoms with Gasteiger partial charge in [-0.15, -0.1) is 0 Å². The zero-order chi connectivity index (χ0) is 4.50. The van der Waals surface area contributed by atoms with Gasteiger partial charge >= 0.3 is 60.2 Å². The summed E-state index contributed by atoms with van der Waals surface area (Å²) >= 11 is -5.00. The van der Waals surface area contributed by atoms with E-state index in [1.807, 2.05) is 0 Å². The smallest absolute Gasteiger partial charge is 0 e. The van der Waals surface area contributed by atoms with E-state index in [-0.39, 0.29) is 53.1 Å². The molecule has 0 heterocycles. The van der Waals surface area contributed by atoms with Gasteiger partial charge in [-0.05, 0) is 0 Å². The Morgan fingerprint density at radius 2 is 0.857 bits per heavy atom. The van der Waals surface area contributed by atoms with Crippen LogP contribution in [0.3, 0.4) is 0 Å². The van der Waals surface area contributed by atoms with Gasteiger partial charge in [-0.3, -0.25) is 0 Å². The van der Waals surface area contributed by atoms with Crippen molar-refractivity contribution in [3.63, 3.8) is 0 Å². The van der Waals surface area contributed by atoms with Crippen molar-refractivity contribution in [3.05, 3.63) is 0 Å². The molecule has 0 aromatic heterocycles. The number of rotatable bonds is 0. The maximum Gasteiger partial charge on any atom is 0 e. The van der Waals surface area contributed by atoms with Crippen LogP contribution in [0.2, 0.25) is 0 Å². The maximum absolute atomic E-state index is 7.38. The van der Waals surface area contributed by atoms with Gasteiger partial charge in [-0.1, -0.05) is 0 Å². The van der Waals surface area contributed by atoms with Crippen LogP contribution in [0.25, 0.3) is 0 Å². The molecule has 0 fully saturated rings. The molecule has 4 nitrogen and oxygen atoms in total. The Morgan fingerprint density at radius 3 is 0.857 bits per heavy atom. The van der Waals surface area contributed by atoms with Gasteiger partial charge in [-0.2, -0.15) is 0 Å². The van der Waals surface area contributed by atoms with Crippen molar-refractivity contribution in [3.8, 4) is 0 Å². The summed E-state index contributed by atoms with van der Waals surface area (Å²) in [5, 5.41) is 0. The molecular weight excluding hydrogens is 364 g/mol. The Labute approximate surface area is 84.8 Å². The normalized spacial score (nSPS) is 8.57. The van der Waals surface area contributed by atoms with Crippen molar-refractivity contribution in [1.82, 2.24) is 0 Å². The molecule has 0 aliphatic carbocycles. The van der Waals surface area contributed by atoms with Crippen molar-refractivity contribution in [2.75, 3.05) is 0 Å². The minimum absolute atomic E-state index is 0. The Morgan fingerprint density at radius 1 is 0.857 bits per heavy atom. The molecule has 0 atom stereocenters. The van der Waals surface area contributed by atoms with E-state index in [2.05, 4.69) is 0 Å². The van der Waals surface area contributed by atoms with Gasteiger partial charge in [0.25, 0.3) is 0 Å². The minimum Gasteiger partial charge on any atom is 0 e. The van der Waals surface area contributed by atoms with Crippen LogP contribution in [0.1, 0.15) is 0 Å². The number of hydrogen-bond donors (Lipinski definition) is 4. The topological polar surface area (TPSA) is 80.9 Å². The van der Waals surface area contributed by atoms with E-state index < -0.39 is 18.1 Å². The quantitative estimate of drug-likeness (QED) is 0.340. The van der Waals surface area contributed by atoms with Gasteiger partial charge in [0.15, 0.2) is 0 Å². The summed E-state index contributed by atoms with van der Waals surface area (Å²) in [6.45, 7) is 0. The van der Waals surface area contributed by atoms with Gasteiger partial charge < -0.3 is 0 Å². The maximum atomic E-state index is 7.38. The second kappa shape index (κ2) is 6.47. The molecule has 0 aromatic carbocycles. The second-order valence-corrected chi connectivity index (χ2v) is 2.47. The molecule has 0 spiro atoms. The van der Waals surface area contributed by atoms with E-state index >= 15 is 0 Å². The monoisotopic (exact) mass is 371 g/mol. The number of hydrogen-bond acceptors (Lipinski definition) is 4. The van der Waals surface area contributed by atoms with Crippen LogP contribution in [0.5, 0.6) is 0 Å². The van der Waals surface area contributed by atoms with Gasteiger partial charge in [0.2, 0.25) is 0 Å². The molecule has 3 radical (unpaired) electrons. The fourth-order valence-corrected chi connectivity index (χ4v) is 0. The first kappa shape index (κ1) is 16.2. The summed E-state index contributed by atoms with van der Waals surface area (Å²) in [6.07, 6.45) is 0. The van der Waals surface area contributed by atoms with Crippen molar-refractivity contribution in [2.45, 2.75) is 0 Å². The van der Waals surface area contributed by atoms with Gasteiger partial charge in [0, 0.05) is 25.8 Å². The molecule has 0 bridgehead atoms. The van der Waals surface area contributed by atoms with Crippen LogP contribution in [0.15, 0.2) is 0 Å². The molecular formula is H6O4PbScTi. The molecule has 0 amide bonds. The molecule has 0 saturated heterocycles. The summed E-state index contributed by atoms with van der Waals surface area (Å²) in [6, 6.07) is 0. The van der Waals surface area contributed by atoms with Crippen LogP contribution in [0, 0.1) is 0 Å². The first-order valence-corrected chi connectivity index (χ1v) is 3.69. The van der Waals surface area contributed by atoms with Crippen LogP contribution < -0.4 is 0 Å². The first-order chi connectivity index (χ1) is 2.00.